The first kappa shape index (κ1) is 31.9. The Morgan fingerprint density at radius 1 is 0.368 bits per heavy atom. The van der Waals surface area contributed by atoms with Gasteiger partial charge in [-0.3, -0.25) is 0 Å². The molecule has 0 atom stereocenters. The molecular weight excluding hydrogens is 717 g/mol. The van der Waals surface area contributed by atoms with Gasteiger partial charge in [0.1, 0.15) is 11.2 Å². The van der Waals surface area contributed by atoms with Gasteiger partial charge in [-0.25, -0.2) is 15.0 Å². The molecule has 12 rings (SSSR count). The summed E-state index contributed by atoms with van der Waals surface area (Å²) in [5, 5.41) is 7.10. The van der Waals surface area contributed by atoms with E-state index in [9.17, 15) is 0 Å². The number of nitrogens with zero attached hydrogens (tertiary/aromatic N) is 4. The van der Waals surface area contributed by atoms with Crippen LogP contribution in [0.5, 0.6) is 0 Å². The van der Waals surface area contributed by atoms with E-state index in [1.165, 1.54) is 42.0 Å². The van der Waals surface area contributed by atoms with Crippen LogP contribution in [0.2, 0.25) is 0 Å². The van der Waals surface area contributed by atoms with Crippen molar-refractivity contribution >= 4 is 75.3 Å². The SMILES string of the molecule is c1ccc(-c2nc(-c3ccccc3)nc(-c3ccc4sc5cc(-c6ccc7c(c6)oc6cccc(-n8c9ccccc9c9ccccc98)c67)ccc5c4c3)n2)cc1. The fourth-order valence-corrected chi connectivity index (χ4v) is 9.51. The molecule has 0 amide bonds. The van der Waals surface area contributed by atoms with Crippen molar-refractivity contribution < 1.29 is 4.42 Å². The summed E-state index contributed by atoms with van der Waals surface area (Å²) in [5.41, 5.74) is 10.4. The van der Waals surface area contributed by atoms with E-state index >= 15 is 0 Å². The third-order valence-electron chi connectivity index (χ3n) is 11.1. The fraction of sp³-hybridized carbons (Fsp3) is 0. The second-order valence-corrected chi connectivity index (χ2v) is 15.5. The fourth-order valence-electron chi connectivity index (χ4n) is 8.39. The van der Waals surface area contributed by atoms with E-state index in [0.29, 0.717) is 17.5 Å². The first-order valence-corrected chi connectivity index (χ1v) is 19.8. The molecule has 0 N–H and O–H groups in total. The van der Waals surface area contributed by atoms with Gasteiger partial charge in [0.2, 0.25) is 0 Å². The number of benzene rings is 8. The maximum Gasteiger partial charge on any atom is 0.164 e. The molecule has 0 saturated carbocycles. The predicted octanol–water partition coefficient (Wildman–Crippen LogP) is 13.9. The summed E-state index contributed by atoms with van der Waals surface area (Å²) < 4.78 is 11.4. The Morgan fingerprint density at radius 3 is 1.63 bits per heavy atom. The molecule has 266 valence electrons. The molecule has 4 aromatic heterocycles. The van der Waals surface area contributed by atoms with Gasteiger partial charge in [0.15, 0.2) is 17.5 Å². The topological polar surface area (TPSA) is 56.7 Å². The minimum Gasteiger partial charge on any atom is -0.456 e. The van der Waals surface area contributed by atoms with Gasteiger partial charge in [0.25, 0.3) is 0 Å². The molecule has 0 bridgehead atoms. The summed E-state index contributed by atoms with van der Waals surface area (Å²) in [6.45, 7) is 0. The Bertz CT molecular complexity index is 3420. The third-order valence-corrected chi connectivity index (χ3v) is 12.2. The molecule has 0 aliphatic carbocycles. The van der Waals surface area contributed by atoms with Crippen molar-refractivity contribution in [1.29, 1.82) is 0 Å². The molecule has 5 nitrogen and oxygen atoms in total. The molecule has 0 radical (unpaired) electrons. The quantitative estimate of drug-likeness (QED) is 0.176. The molecule has 0 saturated heterocycles. The Balaban J connectivity index is 0.948. The normalized spacial score (nSPS) is 11.9. The van der Waals surface area contributed by atoms with Gasteiger partial charge < -0.3 is 8.98 Å². The van der Waals surface area contributed by atoms with E-state index in [0.717, 1.165) is 55.4 Å². The molecule has 12 aromatic rings. The van der Waals surface area contributed by atoms with E-state index in [-0.39, 0.29) is 0 Å². The second-order valence-electron chi connectivity index (χ2n) is 14.4. The summed E-state index contributed by atoms with van der Waals surface area (Å²) in [4.78, 5) is 14.8. The van der Waals surface area contributed by atoms with Crippen LogP contribution < -0.4 is 0 Å². The van der Waals surface area contributed by atoms with Crippen molar-refractivity contribution in [2.45, 2.75) is 0 Å². The summed E-state index contributed by atoms with van der Waals surface area (Å²) >= 11 is 1.80. The first-order valence-electron chi connectivity index (χ1n) is 19.0. The molecule has 57 heavy (non-hydrogen) atoms. The molecule has 0 spiro atoms. The minimum atomic E-state index is 0.654. The summed E-state index contributed by atoms with van der Waals surface area (Å²) in [5.74, 6) is 1.97. The number of hydrogen-bond acceptors (Lipinski definition) is 5. The minimum absolute atomic E-state index is 0.654. The van der Waals surface area contributed by atoms with Crippen molar-refractivity contribution in [2.24, 2.45) is 0 Å². The lowest BCUT2D eigenvalue weighted by Gasteiger charge is -2.09. The molecule has 8 aromatic carbocycles. The number of thiophene rings is 1. The van der Waals surface area contributed by atoms with Gasteiger partial charge in [-0.15, -0.1) is 11.3 Å². The van der Waals surface area contributed by atoms with Gasteiger partial charge in [0, 0.05) is 53.0 Å². The van der Waals surface area contributed by atoms with E-state index in [2.05, 4.69) is 126 Å². The molecule has 0 aliphatic heterocycles. The lowest BCUT2D eigenvalue weighted by molar-refractivity contribution is 0.669. The number of hydrogen-bond donors (Lipinski definition) is 0. The Labute approximate surface area is 330 Å². The van der Waals surface area contributed by atoms with Crippen molar-refractivity contribution in [3.63, 3.8) is 0 Å². The van der Waals surface area contributed by atoms with Gasteiger partial charge in [-0.1, -0.05) is 121 Å². The number of aromatic nitrogens is 4. The smallest absolute Gasteiger partial charge is 0.164 e. The monoisotopic (exact) mass is 746 g/mol. The van der Waals surface area contributed by atoms with Crippen LogP contribution in [-0.2, 0) is 0 Å². The van der Waals surface area contributed by atoms with Gasteiger partial charge in [-0.05, 0) is 71.8 Å². The first-order chi connectivity index (χ1) is 28.2. The summed E-state index contributed by atoms with van der Waals surface area (Å²) in [6.07, 6.45) is 0. The van der Waals surface area contributed by atoms with Crippen LogP contribution in [0.15, 0.2) is 186 Å². The van der Waals surface area contributed by atoms with Gasteiger partial charge in [0.05, 0.1) is 22.1 Å². The molecule has 0 aliphatic rings. The lowest BCUT2D eigenvalue weighted by atomic mass is 10.0. The Morgan fingerprint density at radius 2 is 0.947 bits per heavy atom. The zero-order chi connectivity index (χ0) is 37.5. The Hall–Kier alpha value is -7.41. The maximum atomic E-state index is 6.61. The average Bonchev–Trinajstić information content (AvgIpc) is 3.95. The molecule has 6 heteroatoms. The van der Waals surface area contributed by atoms with Crippen LogP contribution in [0.4, 0.5) is 0 Å². The van der Waals surface area contributed by atoms with Crippen LogP contribution in [0, 0.1) is 0 Å². The Kier molecular flexibility index (Phi) is 7.03. The van der Waals surface area contributed by atoms with Gasteiger partial charge in [-0.2, -0.15) is 0 Å². The zero-order valence-corrected chi connectivity index (χ0v) is 31.2. The largest absolute Gasteiger partial charge is 0.456 e. The highest BCUT2D eigenvalue weighted by atomic mass is 32.1. The summed E-state index contributed by atoms with van der Waals surface area (Å²) in [6, 6.07) is 63.8. The maximum absolute atomic E-state index is 6.61. The predicted molar refractivity (Wildman–Crippen MR) is 236 cm³/mol. The molecule has 0 unspecified atom stereocenters. The van der Waals surface area contributed by atoms with Crippen LogP contribution in [0.3, 0.4) is 0 Å². The highest BCUT2D eigenvalue weighted by Crippen LogP contribution is 2.42. The number of fused-ring (bicyclic) bond motifs is 9. The third kappa shape index (κ3) is 5.12. The lowest BCUT2D eigenvalue weighted by Crippen LogP contribution is -2.00. The van der Waals surface area contributed by atoms with Crippen molar-refractivity contribution in [1.82, 2.24) is 19.5 Å². The summed E-state index contributed by atoms with van der Waals surface area (Å²) in [7, 11) is 0. The highest BCUT2D eigenvalue weighted by molar-refractivity contribution is 7.25. The van der Waals surface area contributed by atoms with E-state index < -0.39 is 0 Å². The van der Waals surface area contributed by atoms with Crippen molar-refractivity contribution in [2.75, 3.05) is 0 Å². The van der Waals surface area contributed by atoms with Crippen LogP contribution in [-0.4, -0.2) is 19.5 Å². The zero-order valence-electron chi connectivity index (χ0n) is 30.4. The molecule has 4 heterocycles. The second kappa shape index (κ2) is 12.6. The van der Waals surface area contributed by atoms with Crippen LogP contribution in [0.25, 0.3) is 115 Å². The van der Waals surface area contributed by atoms with E-state index in [1.54, 1.807) is 11.3 Å². The van der Waals surface area contributed by atoms with Crippen molar-refractivity contribution in [3.8, 4) is 51.0 Å². The van der Waals surface area contributed by atoms with E-state index in [4.69, 9.17) is 19.4 Å². The van der Waals surface area contributed by atoms with Crippen molar-refractivity contribution in [3.05, 3.63) is 182 Å². The number of para-hydroxylation sites is 2. The van der Waals surface area contributed by atoms with E-state index in [1.807, 2.05) is 60.7 Å². The van der Waals surface area contributed by atoms with Crippen LogP contribution in [0.1, 0.15) is 0 Å². The number of rotatable bonds is 5. The van der Waals surface area contributed by atoms with Gasteiger partial charge >= 0.3 is 0 Å². The molecule has 0 fully saturated rings. The number of furan rings is 1. The van der Waals surface area contributed by atoms with Crippen LogP contribution >= 0.6 is 11.3 Å². The average molecular weight is 747 g/mol. The molecular formula is C51H30N4OS. The highest BCUT2D eigenvalue weighted by Gasteiger charge is 2.19. The standard InChI is InChI=1S/C51H30N4OS/c1-3-12-31(13-4-1)49-52-50(32-14-5-2-6-15-32)54-51(53-49)35-24-27-46-40(28-35)38-25-22-34(30-47(38)57-46)33-23-26-39-45(29-33)56-44-21-11-20-43(48(39)44)55-41-18-9-7-16-36(41)37-17-8-10-19-42(37)55/h1-30H.